The van der Waals surface area contributed by atoms with Gasteiger partial charge in [-0.25, -0.2) is 0 Å². The van der Waals surface area contributed by atoms with Crippen LogP contribution in [-0.2, 0) is 0 Å². The highest BCUT2D eigenvalue weighted by molar-refractivity contribution is 9.10. The fourth-order valence-corrected chi connectivity index (χ4v) is 3.69. The van der Waals surface area contributed by atoms with Gasteiger partial charge in [0.05, 0.1) is 0 Å². The van der Waals surface area contributed by atoms with Crippen LogP contribution in [0.25, 0.3) is 11.1 Å². The lowest BCUT2D eigenvalue weighted by Gasteiger charge is -2.21. The zero-order valence-corrected chi connectivity index (χ0v) is 16.7. The Morgan fingerprint density at radius 1 is 0.500 bits per heavy atom. The van der Waals surface area contributed by atoms with Gasteiger partial charge < -0.3 is 0 Å². The van der Waals surface area contributed by atoms with Gasteiger partial charge in [0.25, 0.3) is 0 Å². The highest BCUT2D eigenvalue weighted by atomic mass is 79.9. The lowest BCUT2D eigenvalue weighted by atomic mass is 9.79. The maximum atomic E-state index is 13.3. The predicted octanol–water partition coefficient (Wildman–Crippen LogP) is 6.20. The second-order valence-corrected chi connectivity index (χ2v) is 7.80. The van der Waals surface area contributed by atoms with Gasteiger partial charge in [-0.15, -0.1) is 0 Å². The minimum atomic E-state index is -0.125. The van der Waals surface area contributed by atoms with E-state index in [2.05, 4.69) is 31.9 Å². The molecule has 0 aromatic heterocycles. The van der Waals surface area contributed by atoms with Gasteiger partial charge >= 0.3 is 0 Å². The largest absolute Gasteiger partial charge is 0.289 e. The molecule has 4 rings (SSSR count). The highest BCUT2D eigenvalue weighted by Gasteiger charge is 2.33. The van der Waals surface area contributed by atoms with E-state index >= 15 is 0 Å². The van der Waals surface area contributed by atoms with E-state index in [4.69, 9.17) is 0 Å². The lowest BCUT2D eigenvalue weighted by Crippen LogP contribution is -2.20. The summed E-state index contributed by atoms with van der Waals surface area (Å²) in [5.74, 6) is -0.249. The third-order valence-corrected chi connectivity index (χ3v) is 5.44. The average Bonchev–Trinajstić information content (AvgIpc) is 2.66. The van der Waals surface area contributed by atoms with Crippen LogP contribution in [0.3, 0.4) is 0 Å². The van der Waals surface area contributed by atoms with Gasteiger partial charge in [0.1, 0.15) is 0 Å². The van der Waals surface area contributed by atoms with E-state index in [0.717, 1.165) is 20.1 Å². The van der Waals surface area contributed by atoms with Gasteiger partial charge in [-0.1, -0.05) is 80.4 Å². The Morgan fingerprint density at radius 2 is 0.846 bits per heavy atom. The van der Waals surface area contributed by atoms with E-state index < -0.39 is 0 Å². The van der Waals surface area contributed by atoms with Crippen molar-refractivity contribution in [1.29, 1.82) is 0 Å². The first kappa shape index (κ1) is 17.1. The number of fused-ring (bicyclic) bond motifs is 1. The van der Waals surface area contributed by atoms with E-state index in [1.54, 1.807) is 24.3 Å². The first-order chi connectivity index (χ1) is 12.6. The molecule has 1 aliphatic carbocycles. The molecule has 2 nitrogen and oxygen atoms in total. The summed E-state index contributed by atoms with van der Waals surface area (Å²) < 4.78 is 1.84. The molecule has 26 heavy (non-hydrogen) atoms. The van der Waals surface area contributed by atoms with Crippen LogP contribution in [0.2, 0.25) is 0 Å². The molecule has 126 valence electrons. The Balaban J connectivity index is 2.03. The zero-order valence-electron chi connectivity index (χ0n) is 13.5. The molecule has 0 N–H and O–H groups in total. The third kappa shape index (κ3) is 2.89. The number of hydrogen-bond donors (Lipinski definition) is 0. The van der Waals surface area contributed by atoms with Crippen LogP contribution >= 0.6 is 31.9 Å². The van der Waals surface area contributed by atoms with Crippen LogP contribution in [0.4, 0.5) is 0 Å². The normalized spacial score (nSPS) is 13.8. The third-order valence-electron chi connectivity index (χ3n) is 4.39. The van der Waals surface area contributed by atoms with E-state index in [9.17, 15) is 9.59 Å². The second kappa shape index (κ2) is 6.78. The SMILES string of the molecule is O=C1C(c2ccc(Br)cc2)=C(c2ccc(Br)cc2)C(=O)c2ccccc21. The van der Waals surface area contributed by atoms with Gasteiger partial charge in [-0.2, -0.15) is 0 Å². The highest BCUT2D eigenvalue weighted by Crippen LogP contribution is 2.38. The summed E-state index contributed by atoms with van der Waals surface area (Å²) in [6.45, 7) is 0. The number of Topliss-reactive ketones (excluding diaryl/α,β-unsaturated/α-hetero) is 2. The number of halogens is 2. The van der Waals surface area contributed by atoms with Crippen molar-refractivity contribution in [2.45, 2.75) is 0 Å². The van der Waals surface area contributed by atoms with Crippen molar-refractivity contribution in [2.24, 2.45) is 0 Å². The molecular formula is C22H12Br2O2. The number of carbonyl (C=O) groups is 2. The van der Waals surface area contributed by atoms with Gasteiger partial charge in [0.15, 0.2) is 11.6 Å². The van der Waals surface area contributed by atoms with Gasteiger partial charge in [0, 0.05) is 31.2 Å². The number of rotatable bonds is 2. The van der Waals surface area contributed by atoms with Crippen LogP contribution in [0, 0.1) is 0 Å². The predicted molar refractivity (Wildman–Crippen MR) is 110 cm³/mol. The molecule has 0 bridgehead atoms. The number of carbonyl (C=O) groups excluding carboxylic acids is 2. The summed E-state index contributed by atoms with van der Waals surface area (Å²) in [6, 6.07) is 21.9. The van der Waals surface area contributed by atoms with Crippen molar-refractivity contribution in [3.63, 3.8) is 0 Å². The molecule has 0 saturated carbocycles. The number of ketones is 2. The Kier molecular flexibility index (Phi) is 4.47. The molecular weight excluding hydrogens is 456 g/mol. The molecule has 0 spiro atoms. The minimum Gasteiger partial charge on any atom is -0.289 e. The maximum Gasteiger partial charge on any atom is 0.195 e. The Bertz CT molecular complexity index is 976. The summed E-state index contributed by atoms with van der Waals surface area (Å²) in [4.78, 5) is 26.5. The molecule has 0 fully saturated rings. The lowest BCUT2D eigenvalue weighted by molar-refractivity contribution is 0.101. The minimum absolute atomic E-state index is 0.125. The second-order valence-electron chi connectivity index (χ2n) is 5.97. The number of hydrogen-bond acceptors (Lipinski definition) is 2. The van der Waals surface area contributed by atoms with E-state index in [0.29, 0.717) is 22.3 Å². The molecule has 4 heteroatoms. The molecule has 3 aromatic carbocycles. The van der Waals surface area contributed by atoms with E-state index in [1.807, 2.05) is 48.5 Å². The van der Waals surface area contributed by atoms with Crippen molar-refractivity contribution in [2.75, 3.05) is 0 Å². The van der Waals surface area contributed by atoms with Gasteiger partial charge in [0.2, 0.25) is 0 Å². The van der Waals surface area contributed by atoms with Gasteiger partial charge in [-0.05, 0) is 35.4 Å². The van der Waals surface area contributed by atoms with Crippen LogP contribution in [-0.4, -0.2) is 11.6 Å². The van der Waals surface area contributed by atoms with Crippen molar-refractivity contribution in [1.82, 2.24) is 0 Å². The maximum absolute atomic E-state index is 13.3. The topological polar surface area (TPSA) is 34.1 Å². The van der Waals surface area contributed by atoms with Crippen LogP contribution in [0.5, 0.6) is 0 Å². The quantitative estimate of drug-likeness (QED) is 0.449. The van der Waals surface area contributed by atoms with Crippen LogP contribution < -0.4 is 0 Å². The molecule has 0 radical (unpaired) electrons. The van der Waals surface area contributed by atoms with Crippen molar-refractivity contribution in [3.8, 4) is 0 Å². The number of allylic oxidation sites excluding steroid dienone is 2. The van der Waals surface area contributed by atoms with Crippen LogP contribution in [0.15, 0.2) is 81.7 Å². The van der Waals surface area contributed by atoms with Crippen molar-refractivity contribution < 1.29 is 9.59 Å². The monoisotopic (exact) mass is 466 g/mol. The Labute approximate surface area is 167 Å². The fraction of sp³-hybridized carbons (Fsp3) is 0. The summed E-state index contributed by atoms with van der Waals surface area (Å²) >= 11 is 6.83. The van der Waals surface area contributed by atoms with Crippen LogP contribution in [0.1, 0.15) is 31.8 Å². The molecule has 0 saturated heterocycles. The zero-order chi connectivity index (χ0) is 18.3. The van der Waals surface area contributed by atoms with E-state index in [1.165, 1.54) is 0 Å². The molecule has 0 atom stereocenters. The molecule has 1 aliphatic rings. The first-order valence-electron chi connectivity index (χ1n) is 8.01. The standard InChI is InChI=1S/C22H12Br2O2/c23-15-9-5-13(6-10-15)19-20(14-7-11-16(24)12-8-14)22(26)18-4-2-1-3-17(18)21(19)25/h1-12H. The summed E-state index contributed by atoms with van der Waals surface area (Å²) in [5, 5.41) is 0. The summed E-state index contributed by atoms with van der Waals surface area (Å²) in [6.07, 6.45) is 0. The molecule has 3 aromatic rings. The average molecular weight is 468 g/mol. The fourth-order valence-electron chi connectivity index (χ4n) is 3.16. The molecule has 0 amide bonds. The smallest absolute Gasteiger partial charge is 0.195 e. The molecule has 0 aliphatic heterocycles. The summed E-state index contributed by atoms with van der Waals surface area (Å²) in [5.41, 5.74) is 3.28. The van der Waals surface area contributed by atoms with Crippen molar-refractivity contribution >= 4 is 54.6 Å². The van der Waals surface area contributed by atoms with Crippen molar-refractivity contribution in [3.05, 3.63) is 104 Å². The summed E-state index contributed by atoms with van der Waals surface area (Å²) in [7, 11) is 0. The molecule has 0 heterocycles. The number of benzene rings is 3. The Morgan fingerprint density at radius 3 is 1.19 bits per heavy atom. The van der Waals surface area contributed by atoms with E-state index in [-0.39, 0.29) is 11.6 Å². The van der Waals surface area contributed by atoms with Gasteiger partial charge in [-0.3, -0.25) is 9.59 Å². The molecule has 0 unspecified atom stereocenters. The first-order valence-corrected chi connectivity index (χ1v) is 9.59. The Hall–Kier alpha value is -2.30.